The van der Waals surface area contributed by atoms with E-state index in [4.69, 9.17) is 4.74 Å². The minimum atomic E-state index is 0.0484. The van der Waals surface area contributed by atoms with Gasteiger partial charge in [0.05, 0.1) is 6.10 Å². The van der Waals surface area contributed by atoms with E-state index >= 15 is 0 Å². The summed E-state index contributed by atoms with van der Waals surface area (Å²) in [6.07, 6.45) is 7.48. The van der Waals surface area contributed by atoms with Crippen molar-refractivity contribution >= 4 is 17.2 Å². The first-order valence-electron chi connectivity index (χ1n) is 8.92. The molecule has 2 heterocycles. The van der Waals surface area contributed by atoms with Crippen molar-refractivity contribution in [1.29, 1.82) is 0 Å². The van der Waals surface area contributed by atoms with E-state index in [1.807, 2.05) is 11.3 Å². The molecule has 1 aromatic rings. The van der Waals surface area contributed by atoms with E-state index in [9.17, 15) is 4.79 Å². The fourth-order valence-electron chi connectivity index (χ4n) is 3.64. The van der Waals surface area contributed by atoms with Gasteiger partial charge in [0, 0.05) is 24.5 Å². The molecule has 4 nitrogen and oxygen atoms in total. The third kappa shape index (κ3) is 5.59. The number of likely N-dealkylation sites (tertiary alicyclic amines) is 1. The van der Waals surface area contributed by atoms with E-state index in [2.05, 4.69) is 27.7 Å². The first-order chi connectivity index (χ1) is 11.3. The Labute approximate surface area is 143 Å². The Bertz CT molecular complexity index is 471. The quantitative estimate of drug-likeness (QED) is 0.832. The summed E-state index contributed by atoms with van der Waals surface area (Å²) in [6, 6.07) is 4.32. The van der Waals surface area contributed by atoms with Gasteiger partial charge in [-0.15, -0.1) is 11.3 Å². The smallest absolute Gasteiger partial charge is 0.246 e. The first-order valence-corrected chi connectivity index (χ1v) is 9.80. The number of hydrogen-bond acceptors (Lipinski definition) is 4. The van der Waals surface area contributed by atoms with E-state index in [-0.39, 0.29) is 12.5 Å². The van der Waals surface area contributed by atoms with Gasteiger partial charge in [0.25, 0.3) is 0 Å². The molecule has 0 aromatic carbocycles. The van der Waals surface area contributed by atoms with Crippen LogP contribution in [-0.2, 0) is 16.1 Å². The van der Waals surface area contributed by atoms with Crippen LogP contribution in [0, 0.1) is 5.92 Å². The maximum atomic E-state index is 11.9. The van der Waals surface area contributed by atoms with Gasteiger partial charge in [-0.25, -0.2) is 0 Å². The number of carbonyl (C=O) groups excluding carboxylic acids is 1. The van der Waals surface area contributed by atoms with Crippen LogP contribution >= 0.6 is 11.3 Å². The van der Waals surface area contributed by atoms with Gasteiger partial charge >= 0.3 is 0 Å². The third-order valence-electron chi connectivity index (χ3n) is 4.90. The number of piperidine rings is 1. The molecule has 1 atom stereocenters. The molecule has 1 amide bonds. The second kappa shape index (κ2) is 8.81. The molecule has 2 fully saturated rings. The van der Waals surface area contributed by atoms with Crippen LogP contribution in [0.1, 0.15) is 43.4 Å². The molecule has 1 aliphatic carbocycles. The molecule has 1 N–H and O–H groups in total. The molecule has 1 aliphatic heterocycles. The molecule has 128 valence electrons. The Balaban J connectivity index is 1.33. The number of nitrogens with one attached hydrogen (secondary N) is 1. The summed E-state index contributed by atoms with van der Waals surface area (Å²) in [6.45, 7) is 4.33. The Kier molecular flexibility index (Phi) is 6.48. The lowest BCUT2D eigenvalue weighted by atomic mass is 9.98. The lowest BCUT2D eigenvalue weighted by Gasteiger charge is -2.32. The largest absolute Gasteiger partial charge is 0.368 e. The van der Waals surface area contributed by atoms with Gasteiger partial charge in [0.1, 0.15) is 6.61 Å². The predicted molar refractivity (Wildman–Crippen MR) is 93.5 cm³/mol. The van der Waals surface area contributed by atoms with Crippen molar-refractivity contribution < 1.29 is 9.53 Å². The van der Waals surface area contributed by atoms with E-state index < -0.39 is 0 Å². The standard InChI is InChI=1S/C18H28N2O2S/c21-18(14-22-16-6-1-2-7-16)19-11-15-5-3-9-20(12-15)13-17-8-4-10-23-17/h4,8,10,15-16H,1-3,5-7,9,11-14H2,(H,19,21)/t15-/m1/s1. The fraction of sp³-hybridized carbons (Fsp3) is 0.722. The molecule has 2 aliphatic rings. The fourth-order valence-corrected chi connectivity index (χ4v) is 4.39. The van der Waals surface area contributed by atoms with Crippen LogP contribution in [-0.4, -0.2) is 43.2 Å². The van der Waals surface area contributed by atoms with Gasteiger partial charge in [-0.3, -0.25) is 9.69 Å². The predicted octanol–water partition coefficient (Wildman–Crippen LogP) is 3.04. The zero-order chi connectivity index (χ0) is 15.9. The number of rotatable bonds is 7. The molecule has 0 spiro atoms. The number of carbonyl (C=O) groups is 1. The van der Waals surface area contributed by atoms with Crippen molar-refractivity contribution in [3.8, 4) is 0 Å². The second-order valence-electron chi connectivity index (χ2n) is 6.84. The summed E-state index contributed by atoms with van der Waals surface area (Å²) in [4.78, 5) is 15.9. The Hall–Kier alpha value is -0.910. The zero-order valence-corrected chi connectivity index (χ0v) is 14.7. The van der Waals surface area contributed by atoms with Crippen LogP contribution in [0.2, 0.25) is 0 Å². The second-order valence-corrected chi connectivity index (χ2v) is 7.88. The average Bonchev–Trinajstić information content (AvgIpc) is 3.25. The summed E-state index contributed by atoms with van der Waals surface area (Å²) in [5.41, 5.74) is 0. The van der Waals surface area contributed by atoms with Crippen molar-refractivity contribution in [2.45, 2.75) is 51.2 Å². The van der Waals surface area contributed by atoms with Crippen LogP contribution in [0.25, 0.3) is 0 Å². The summed E-state index contributed by atoms with van der Waals surface area (Å²) in [5, 5.41) is 5.21. The highest BCUT2D eigenvalue weighted by Crippen LogP contribution is 2.21. The molecule has 1 saturated carbocycles. The molecule has 1 aromatic heterocycles. The van der Waals surface area contributed by atoms with Gasteiger partial charge in [0.2, 0.25) is 5.91 Å². The highest BCUT2D eigenvalue weighted by Gasteiger charge is 2.21. The van der Waals surface area contributed by atoms with Crippen molar-refractivity contribution in [1.82, 2.24) is 10.2 Å². The van der Waals surface area contributed by atoms with Gasteiger partial charge in [0.15, 0.2) is 0 Å². The van der Waals surface area contributed by atoms with E-state index in [0.29, 0.717) is 12.0 Å². The van der Waals surface area contributed by atoms with Crippen molar-refractivity contribution in [3.05, 3.63) is 22.4 Å². The molecular weight excluding hydrogens is 308 g/mol. The Morgan fingerprint density at radius 3 is 2.96 bits per heavy atom. The molecule has 23 heavy (non-hydrogen) atoms. The summed E-state index contributed by atoms with van der Waals surface area (Å²) >= 11 is 1.83. The normalized spacial score (nSPS) is 23.2. The van der Waals surface area contributed by atoms with Gasteiger partial charge in [-0.1, -0.05) is 18.9 Å². The minimum Gasteiger partial charge on any atom is -0.368 e. The molecule has 5 heteroatoms. The van der Waals surface area contributed by atoms with Crippen molar-refractivity contribution in [3.63, 3.8) is 0 Å². The summed E-state index contributed by atoms with van der Waals surface area (Å²) in [7, 11) is 0. The lowest BCUT2D eigenvalue weighted by molar-refractivity contribution is -0.127. The van der Waals surface area contributed by atoms with Crippen LogP contribution in [0.3, 0.4) is 0 Å². The molecule has 1 saturated heterocycles. The molecule has 3 rings (SSSR count). The Morgan fingerprint density at radius 2 is 2.17 bits per heavy atom. The van der Waals surface area contributed by atoms with Crippen LogP contribution < -0.4 is 5.32 Å². The van der Waals surface area contributed by atoms with E-state index in [1.54, 1.807) is 0 Å². The number of ether oxygens (including phenoxy) is 1. The van der Waals surface area contributed by atoms with Gasteiger partial charge in [-0.05, 0) is 49.6 Å². The number of hydrogen-bond donors (Lipinski definition) is 1. The number of amides is 1. The first kappa shape index (κ1) is 16.9. The zero-order valence-electron chi connectivity index (χ0n) is 13.8. The lowest BCUT2D eigenvalue weighted by Crippen LogP contribution is -2.41. The highest BCUT2D eigenvalue weighted by atomic mass is 32.1. The highest BCUT2D eigenvalue weighted by molar-refractivity contribution is 7.09. The van der Waals surface area contributed by atoms with E-state index in [1.165, 1.54) is 37.1 Å². The summed E-state index contributed by atoms with van der Waals surface area (Å²) < 4.78 is 5.67. The van der Waals surface area contributed by atoms with Crippen LogP contribution in [0.5, 0.6) is 0 Å². The average molecular weight is 337 g/mol. The van der Waals surface area contributed by atoms with Crippen LogP contribution in [0.4, 0.5) is 0 Å². The maximum Gasteiger partial charge on any atom is 0.246 e. The molecule has 0 unspecified atom stereocenters. The van der Waals surface area contributed by atoms with E-state index in [0.717, 1.165) is 32.5 Å². The van der Waals surface area contributed by atoms with Gasteiger partial charge in [-0.2, -0.15) is 0 Å². The summed E-state index contributed by atoms with van der Waals surface area (Å²) in [5.74, 6) is 0.617. The minimum absolute atomic E-state index is 0.0484. The monoisotopic (exact) mass is 336 g/mol. The molecule has 0 radical (unpaired) electrons. The van der Waals surface area contributed by atoms with Crippen LogP contribution in [0.15, 0.2) is 17.5 Å². The Morgan fingerprint density at radius 1 is 1.30 bits per heavy atom. The van der Waals surface area contributed by atoms with Gasteiger partial charge < -0.3 is 10.1 Å². The van der Waals surface area contributed by atoms with Crippen molar-refractivity contribution in [2.75, 3.05) is 26.2 Å². The SMILES string of the molecule is O=C(COC1CCCC1)NC[C@H]1CCCN(Cc2cccs2)C1. The number of nitrogens with zero attached hydrogens (tertiary/aromatic N) is 1. The third-order valence-corrected chi connectivity index (χ3v) is 5.76. The molecular formula is C18H28N2O2S. The molecule has 0 bridgehead atoms. The maximum absolute atomic E-state index is 11.9. The number of thiophene rings is 1. The topological polar surface area (TPSA) is 41.6 Å². The van der Waals surface area contributed by atoms with Crippen molar-refractivity contribution in [2.24, 2.45) is 5.92 Å².